The van der Waals surface area contributed by atoms with E-state index < -0.39 is 0 Å². The van der Waals surface area contributed by atoms with Gasteiger partial charge in [-0.25, -0.2) is 0 Å². The summed E-state index contributed by atoms with van der Waals surface area (Å²) in [7, 11) is 0. The van der Waals surface area contributed by atoms with Crippen LogP contribution in [0.25, 0.3) is 0 Å². The van der Waals surface area contributed by atoms with Crippen LogP contribution >= 0.6 is 0 Å². The Labute approximate surface area is 226 Å². The van der Waals surface area contributed by atoms with Gasteiger partial charge < -0.3 is 19.9 Å². The van der Waals surface area contributed by atoms with E-state index in [2.05, 4.69) is 89.3 Å². The van der Waals surface area contributed by atoms with Crippen molar-refractivity contribution in [3.63, 3.8) is 0 Å². The third kappa shape index (κ3) is 13.0. The first kappa shape index (κ1) is 32.0. The molecule has 0 amide bonds. The van der Waals surface area contributed by atoms with Crippen LogP contribution < -0.4 is 5.32 Å². The van der Waals surface area contributed by atoms with Gasteiger partial charge in [0.25, 0.3) is 0 Å². The third-order valence-electron chi connectivity index (χ3n) is 8.19. The van der Waals surface area contributed by atoms with E-state index in [1.165, 1.54) is 90.8 Å². The number of rotatable bonds is 13. The summed E-state index contributed by atoms with van der Waals surface area (Å²) in [6.07, 6.45) is 9.17. The molecule has 2 saturated heterocycles. The molecule has 0 aromatic rings. The fourth-order valence-corrected chi connectivity index (χ4v) is 6.43. The van der Waals surface area contributed by atoms with Crippen LogP contribution in [0.1, 0.15) is 114 Å². The second-order valence-corrected chi connectivity index (χ2v) is 15.3. The molecule has 2 fully saturated rings. The number of ether oxygens (including phenoxy) is 1. The fraction of sp³-hybridized carbons (Fsp3) is 1.00. The van der Waals surface area contributed by atoms with Gasteiger partial charge in [0, 0.05) is 49.8 Å². The number of nitrogens with zero attached hydrogens (tertiary/aromatic N) is 3. The van der Waals surface area contributed by atoms with Crippen molar-refractivity contribution in [2.75, 3.05) is 59.0 Å². The smallest absolute Gasteiger partial charge is 0.0600 e. The molecule has 0 spiro atoms. The summed E-state index contributed by atoms with van der Waals surface area (Å²) in [5, 5.41) is 4.04. The molecule has 2 aliphatic heterocycles. The highest BCUT2D eigenvalue weighted by Crippen LogP contribution is 2.34. The van der Waals surface area contributed by atoms with Crippen molar-refractivity contribution in [3.8, 4) is 0 Å². The SMILES string of the molecule is CC(C)(CCCCCN1CCN(C(C)(C)C)CC1)CC(C)(C)NC1CCN(CCOC(C)(C)C)CC1. The predicted molar refractivity (Wildman–Crippen MR) is 157 cm³/mol. The van der Waals surface area contributed by atoms with Crippen LogP contribution in [0.3, 0.4) is 0 Å². The van der Waals surface area contributed by atoms with E-state index in [1.54, 1.807) is 0 Å². The summed E-state index contributed by atoms with van der Waals surface area (Å²) in [5.74, 6) is 0. The number of piperidine rings is 1. The second-order valence-electron chi connectivity index (χ2n) is 15.3. The van der Waals surface area contributed by atoms with Gasteiger partial charge in [-0.15, -0.1) is 0 Å². The van der Waals surface area contributed by atoms with Crippen LogP contribution in [0.15, 0.2) is 0 Å². The maximum Gasteiger partial charge on any atom is 0.0600 e. The second kappa shape index (κ2) is 13.7. The topological polar surface area (TPSA) is 31.0 Å². The largest absolute Gasteiger partial charge is 0.375 e. The van der Waals surface area contributed by atoms with E-state index in [9.17, 15) is 0 Å². The first-order chi connectivity index (χ1) is 16.5. The Balaban J connectivity index is 1.59. The van der Waals surface area contributed by atoms with Gasteiger partial charge in [0.2, 0.25) is 0 Å². The van der Waals surface area contributed by atoms with Gasteiger partial charge in [-0.2, -0.15) is 0 Å². The van der Waals surface area contributed by atoms with Crippen molar-refractivity contribution in [2.45, 2.75) is 137 Å². The Morgan fingerprint density at radius 1 is 0.694 bits per heavy atom. The maximum atomic E-state index is 5.93. The summed E-state index contributed by atoms with van der Waals surface area (Å²) in [4.78, 5) is 7.89. The minimum atomic E-state index is -0.0292. The molecule has 0 aromatic heterocycles. The van der Waals surface area contributed by atoms with Gasteiger partial charge in [0.05, 0.1) is 12.2 Å². The molecule has 5 heteroatoms. The van der Waals surface area contributed by atoms with Gasteiger partial charge in [-0.3, -0.25) is 4.90 Å². The van der Waals surface area contributed by atoms with Crippen LogP contribution in [-0.4, -0.2) is 96.4 Å². The summed E-state index contributed by atoms with van der Waals surface area (Å²) in [6, 6.07) is 0.648. The Morgan fingerprint density at radius 3 is 1.83 bits per heavy atom. The van der Waals surface area contributed by atoms with Gasteiger partial charge in [-0.1, -0.05) is 26.7 Å². The lowest BCUT2D eigenvalue weighted by atomic mass is 9.76. The van der Waals surface area contributed by atoms with Crippen molar-refractivity contribution in [3.05, 3.63) is 0 Å². The standard InChI is InChI=1S/C31H64N4O/c1-28(2,3)35-22-20-33(21-23-35)17-13-11-12-16-30(7,8)26-31(9,10)32-27-14-18-34(19-15-27)24-25-36-29(4,5)6/h27,32H,11-26H2,1-10H3. The molecule has 36 heavy (non-hydrogen) atoms. The van der Waals surface area contributed by atoms with Crippen LogP contribution in [0.4, 0.5) is 0 Å². The molecule has 0 unspecified atom stereocenters. The zero-order valence-electron chi connectivity index (χ0n) is 26.1. The first-order valence-electron chi connectivity index (χ1n) is 15.2. The normalized spacial score (nSPS) is 20.8. The molecule has 2 aliphatic rings. The monoisotopic (exact) mass is 509 g/mol. The summed E-state index contributed by atoms with van der Waals surface area (Å²) >= 11 is 0. The van der Waals surface area contributed by atoms with Crippen molar-refractivity contribution in [1.82, 2.24) is 20.0 Å². The number of nitrogens with one attached hydrogen (secondary N) is 1. The molecular weight excluding hydrogens is 444 g/mol. The minimum absolute atomic E-state index is 0.0292. The van der Waals surface area contributed by atoms with Gasteiger partial charge in [-0.05, 0) is 113 Å². The average Bonchev–Trinajstić information content (AvgIpc) is 2.72. The highest BCUT2D eigenvalue weighted by molar-refractivity contribution is 4.90. The number of unbranched alkanes of at least 4 members (excludes halogenated alkanes) is 2. The highest BCUT2D eigenvalue weighted by Gasteiger charge is 2.31. The Morgan fingerprint density at radius 2 is 1.28 bits per heavy atom. The average molecular weight is 509 g/mol. The quantitative estimate of drug-likeness (QED) is 0.307. The third-order valence-corrected chi connectivity index (χ3v) is 8.19. The Bertz CT molecular complexity index is 603. The first-order valence-corrected chi connectivity index (χ1v) is 15.2. The molecule has 5 nitrogen and oxygen atoms in total. The Hall–Kier alpha value is -0.200. The number of likely N-dealkylation sites (tertiary alicyclic amines) is 1. The van der Waals surface area contributed by atoms with Crippen molar-refractivity contribution in [1.29, 1.82) is 0 Å². The van der Waals surface area contributed by atoms with Crippen LogP contribution in [0.2, 0.25) is 0 Å². The summed E-state index contributed by atoms with van der Waals surface area (Å²) in [5.41, 5.74) is 0.871. The van der Waals surface area contributed by atoms with Crippen LogP contribution in [0, 0.1) is 5.41 Å². The highest BCUT2D eigenvalue weighted by atomic mass is 16.5. The predicted octanol–water partition coefficient (Wildman–Crippen LogP) is 6.03. The van der Waals surface area contributed by atoms with E-state index in [4.69, 9.17) is 4.74 Å². The van der Waals surface area contributed by atoms with E-state index in [0.717, 1.165) is 13.2 Å². The zero-order valence-corrected chi connectivity index (χ0v) is 26.1. The molecule has 0 atom stereocenters. The molecule has 0 radical (unpaired) electrons. The van der Waals surface area contributed by atoms with E-state index >= 15 is 0 Å². The van der Waals surface area contributed by atoms with E-state index in [-0.39, 0.29) is 11.1 Å². The minimum Gasteiger partial charge on any atom is -0.375 e. The van der Waals surface area contributed by atoms with Gasteiger partial charge in [0.1, 0.15) is 0 Å². The Kier molecular flexibility index (Phi) is 12.2. The van der Waals surface area contributed by atoms with Gasteiger partial charge in [0.15, 0.2) is 0 Å². The fourth-order valence-electron chi connectivity index (χ4n) is 6.43. The number of hydrogen-bond acceptors (Lipinski definition) is 5. The molecule has 0 saturated carbocycles. The molecule has 214 valence electrons. The molecule has 0 bridgehead atoms. The number of hydrogen-bond donors (Lipinski definition) is 1. The van der Waals surface area contributed by atoms with Crippen LogP contribution in [-0.2, 0) is 4.74 Å². The van der Waals surface area contributed by atoms with E-state index in [1.807, 2.05) is 0 Å². The molecule has 2 rings (SSSR count). The lowest BCUT2D eigenvalue weighted by Gasteiger charge is -2.42. The summed E-state index contributed by atoms with van der Waals surface area (Å²) in [6.45, 7) is 33.8. The van der Waals surface area contributed by atoms with E-state index in [0.29, 0.717) is 17.0 Å². The number of piperazine rings is 1. The molecule has 0 aromatic carbocycles. The van der Waals surface area contributed by atoms with Crippen LogP contribution in [0.5, 0.6) is 0 Å². The summed E-state index contributed by atoms with van der Waals surface area (Å²) < 4.78 is 5.93. The zero-order chi connectivity index (χ0) is 27.0. The van der Waals surface area contributed by atoms with Crippen molar-refractivity contribution < 1.29 is 4.74 Å². The van der Waals surface area contributed by atoms with Crippen molar-refractivity contribution in [2.24, 2.45) is 5.41 Å². The lowest BCUT2D eigenvalue weighted by Crippen LogP contribution is -2.53. The van der Waals surface area contributed by atoms with Gasteiger partial charge >= 0.3 is 0 Å². The van der Waals surface area contributed by atoms with Crippen molar-refractivity contribution >= 4 is 0 Å². The molecule has 2 heterocycles. The molecule has 0 aliphatic carbocycles. The lowest BCUT2D eigenvalue weighted by molar-refractivity contribution is -0.0159. The molecular formula is C31H64N4O. The molecule has 1 N–H and O–H groups in total. The maximum absolute atomic E-state index is 5.93.